The zero-order chi connectivity index (χ0) is 22.9. The first-order chi connectivity index (χ1) is 14.2. The van der Waals surface area contributed by atoms with Gasteiger partial charge in [0.1, 0.15) is 18.3 Å². The molecular formula is C22H41NO7. The van der Waals surface area contributed by atoms with E-state index in [0.717, 1.165) is 51.9 Å². The first kappa shape index (κ1) is 28.5. The maximum absolute atomic E-state index is 11.1. The van der Waals surface area contributed by atoms with Crippen molar-refractivity contribution in [1.29, 1.82) is 0 Å². The lowest BCUT2D eigenvalue weighted by Crippen LogP contribution is -2.55. The Labute approximate surface area is 180 Å². The van der Waals surface area contributed by atoms with Crippen molar-refractivity contribution in [3.63, 3.8) is 0 Å². The van der Waals surface area contributed by atoms with E-state index in [-0.39, 0.29) is 6.10 Å². The van der Waals surface area contributed by atoms with Gasteiger partial charge in [-0.2, -0.15) is 0 Å². The molecule has 0 aliphatic carbocycles. The summed E-state index contributed by atoms with van der Waals surface area (Å²) >= 11 is 0. The number of hydrogen-bond donors (Lipinski definition) is 6. The van der Waals surface area contributed by atoms with Crippen molar-refractivity contribution in [2.75, 3.05) is 0 Å². The molecule has 1 amide bonds. The highest BCUT2D eigenvalue weighted by molar-refractivity contribution is 5.82. The number of carbonyl (C=O) groups excluding carboxylic acids is 1. The summed E-state index contributed by atoms with van der Waals surface area (Å²) in [7, 11) is 0. The summed E-state index contributed by atoms with van der Waals surface area (Å²) in [5.41, 5.74) is 0. The number of aliphatic hydroxyl groups is 4. The fourth-order valence-corrected chi connectivity index (χ4v) is 3.21. The number of carbonyl (C=O) groups is 2. The second-order valence-electron chi connectivity index (χ2n) is 7.91. The number of carboxylic acids is 1. The Hall–Kier alpha value is -1.48. The Morgan fingerprint density at radius 1 is 0.867 bits per heavy atom. The van der Waals surface area contributed by atoms with Gasteiger partial charge in [0.05, 0.1) is 6.10 Å². The predicted molar refractivity (Wildman–Crippen MR) is 115 cm³/mol. The fraction of sp³-hybridized carbons (Fsp3) is 0.818. The number of hydrogen-bond acceptors (Lipinski definition) is 6. The standard InChI is InChI=1S/C22H41NO7/c1-3-4-5-10-13-17(25)14-11-8-6-7-9-12-15-18(26)20(27)21(28)19(22(29)30)23-16(2)24/h12,15,17-21,25-28H,3-11,13-14H2,1-2H3,(H,23,24)(H,29,30)/b15-12+/t17-,18-,19+,20-,21-/m1/s1. The van der Waals surface area contributed by atoms with Crippen molar-refractivity contribution in [2.24, 2.45) is 0 Å². The number of aliphatic carboxylic acids is 1. The molecule has 0 rings (SSSR count). The van der Waals surface area contributed by atoms with E-state index in [0.29, 0.717) is 6.42 Å². The quantitative estimate of drug-likeness (QED) is 0.143. The van der Waals surface area contributed by atoms with E-state index in [1.165, 1.54) is 25.3 Å². The molecule has 0 bridgehead atoms. The van der Waals surface area contributed by atoms with Crippen LogP contribution >= 0.6 is 0 Å². The van der Waals surface area contributed by atoms with Crippen LogP contribution in [0.25, 0.3) is 0 Å². The average Bonchev–Trinajstić information content (AvgIpc) is 2.69. The number of aliphatic hydroxyl groups excluding tert-OH is 4. The first-order valence-corrected chi connectivity index (χ1v) is 11.1. The molecule has 0 saturated carbocycles. The van der Waals surface area contributed by atoms with Gasteiger partial charge in [0.2, 0.25) is 5.91 Å². The zero-order valence-electron chi connectivity index (χ0n) is 18.4. The Morgan fingerprint density at radius 2 is 1.43 bits per heavy atom. The molecule has 0 radical (unpaired) electrons. The minimum Gasteiger partial charge on any atom is -0.480 e. The Kier molecular flexibility index (Phi) is 16.4. The molecule has 6 N–H and O–H groups in total. The highest BCUT2D eigenvalue weighted by atomic mass is 16.4. The third-order valence-electron chi connectivity index (χ3n) is 5.05. The van der Waals surface area contributed by atoms with E-state index in [1.807, 2.05) is 5.32 Å². The molecule has 0 spiro atoms. The third-order valence-corrected chi connectivity index (χ3v) is 5.05. The lowest BCUT2D eigenvalue weighted by molar-refractivity contribution is -0.149. The predicted octanol–water partition coefficient (Wildman–Crippen LogP) is 1.89. The van der Waals surface area contributed by atoms with Crippen molar-refractivity contribution in [3.05, 3.63) is 12.2 Å². The summed E-state index contributed by atoms with van der Waals surface area (Å²) in [5, 5.41) is 50.8. The molecule has 0 saturated heterocycles. The Bertz CT molecular complexity index is 498. The van der Waals surface area contributed by atoms with Gasteiger partial charge in [0.15, 0.2) is 6.04 Å². The topological polar surface area (TPSA) is 147 Å². The van der Waals surface area contributed by atoms with Gasteiger partial charge in [-0.25, -0.2) is 4.79 Å². The van der Waals surface area contributed by atoms with E-state index < -0.39 is 36.2 Å². The fourth-order valence-electron chi connectivity index (χ4n) is 3.21. The molecule has 8 nitrogen and oxygen atoms in total. The number of rotatable bonds is 18. The minimum atomic E-state index is -1.85. The number of amides is 1. The van der Waals surface area contributed by atoms with E-state index in [9.17, 15) is 30.0 Å². The summed E-state index contributed by atoms with van der Waals surface area (Å²) < 4.78 is 0. The zero-order valence-corrected chi connectivity index (χ0v) is 18.4. The molecular weight excluding hydrogens is 390 g/mol. The van der Waals surface area contributed by atoms with E-state index in [2.05, 4.69) is 6.92 Å². The van der Waals surface area contributed by atoms with Crippen LogP contribution in [0.1, 0.15) is 84.5 Å². The third kappa shape index (κ3) is 13.7. The van der Waals surface area contributed by atoms with Crippen molar-refractivity contribution >= 4 is 11.9 Å². The molecule has 0 aromatic rings. The number of carboxylic acid groups (broad SMARTS) is 1. The van der Waals surface area contributed by atoms with Crippen molar-refractivity contribution in [3.8, 4) is 0 Å². The number of unbranched alkanes of at least 4 members (excludes halogenated alkanes) is 7. The van der Waals surface area contributed by atoms with Gasteiger partial charge < -0.3 is 30.8 Å². The van der Waals surface area contributed by atoms with Crippen LogP contribution in [0, 0.1) is 0 Å². The molecule has 0 aromatic heterocycles. The van der Waals surface area contributed by atoms with Crippen LogP contribution in [-0.4, -0.2) is 67.9 Å². The summed E-state index contributed by atoms with van der Waals surface area (Å²) in [5.74, 6) is -2.17. The van der Waals surface area contributed by atoms with Crippen LogP contribution < -0.4 is 5.32 Å². The van der Waals surface area contributed by atoms with Gasteiger partial charge in [-0.3, -0.25) is 4.79 Å². The van der Waals surface area contributed by atoms with E-state index in [4.69, 9.17) is 5.11 Å². The van der Waals surface area contributed by atoms with Gasteiger partial charge in [0, 0.05) is 6.92 Å². The molecule has 30 heavy (non-hydrogen) atoms. The van der Waals surface area contributed by atoms with Gasteiger partial charge in [-0.15, -0.1) is 0 Å². The monoisotopic (exact) mass is 431 g/mol. The van der Waals surface area contributed by atoms with Crippen LogP contribution in [0.2, 0.25) is 0 Å². The van der Waals surface area contributed by atoms with Gasteiger partial charge >= 0.3 is 5.97 Å². The molecule has 8 heteroatoms. The molecule has 176 valence electrons. The maximum atomic E-state index is 11.1. The summed E-state index contributed by atoms with van der Waals surface area (Å²) in [6, 6.07) is -1.71. The summed E-state index contributed by atoms with van der Waals surface area (Å²) in [6.07, 6.45) is 8.67. The Morgan fingerprint density at radius 3 is 1.97 bits per heavy atom. The molecule has 0 fully saturated rings. The van der Waals surface area contributed by atoms with Gasteiger partial charge in [-0.1, -0.05) is 64.0 Å². The molecule has 0 heterocycles. The number of nitrogens with one attached hydrogen (secondary N) is 1. The highest BCUT2D eigenvalue weighted by Crippen LogP contribution is 2.13. The van der Waals surface area contributed by atoms with Crippen LogP contribution in [0.4, 0.5) is 0 Å². The Balaban J connectivity index is 4.01. The second kappa shape index (κ2) is 17.2. The SMILES string of the molecule is CCCCCC[C@@H](O)CCCCCC/C=C/[C@@H](O)[C@@H](O)[C@H](O)[C@H](NC(C)=O)C(=O)O. The number of allylic oxidation sites excluding steroid dienone is 1. The molecule has 0 aliphatic rings. The lowest BCUT2D eigenvalue weighted by Gasteiger charge is -2.26. The lowest BCUT2D eigenvalue weighted by atomic mass is 10.00. The summed E-state index contributed by atoms with van der Waals surface area (Å²) in [4.78, 5) is 22.1. The van der Waals surface area contributed by atoms with Crippen molar-refractivity contribution in [1.82, 2.24) is 5.32 Å². The normalized spacial score (nSPS) is 16.7. The smallest absolute Gasteiger partial charge is 0.329 e. The first-order valence-electron chi connectivity index (χ1n) is 11.1. The highest BCUT2D eigenvalue weighted by Gasteiger charge is 2.35. The minimum absolute atomic E-state index is 0.211. The van der Waals surface area contributed by atoms with Gasteiger partial charge in [0.25, 0.3) is 0 Å². The van der Waals surface area contributed by atoms with E-state index in [1.54, 1.807) is 6.08 Å². The van der Waals surface area contributed by atoms with E-state index >= 15 is 0 Å². The largest absolute Gasteiger partial charge is 0.480 e. The maximum Gasteiger partial charge on any atom is 0.329 e. The average molecular weight is 432 g/mol. The van der Waals surface area contributed by atoms with Crippen LogP contribution in [-0.2, 0) is 9.59 Å². The van der Waals surface area contributed by atoms with Gasteiger partial charge in [-0.05, 0) is 25.7 Å². The second-order valence-corrected chi connectivity index (χ2v) is 7.91. The van der Waals surface area contributed by atoms with Crippen LogP contribution in [0.5, 0.6) is 0 Å². The molecule has 0 unspecified atom stereocenters. The summed E-state index contributed by atoms with van der Waals surface area (Å²) in [6.45, 7) is 3.26. The molecule has 0 aromatic carbocycles. The molecule has 5 atom stereocenters. The van der Waals surface area contributed by atoms with Crippen LogP contribution in [0.3, 0.4) is 0 Å². The van der Waals surface area contributed by atoms with Crippen molar-refractivity contribution < 1.29 is 35.1 Å². The van der Waals surface area contributed by atoms with Crippen LogP contribution in [0.15, 0.2) is 12.2 Å². The van der Waals surface area contributed by atoms with Crippen molar-refractivity contribution in [2.45, 2.75) is 115 Å². The molecule has 0 aliphatic heterocycles.